The molecule has 0 spiro atoms. The van der Waals surface area contributed by atoms with Gasteiger partial charge >= 0.3 is 0 Å². The molecule has 3 N–H and O–H groups in total. The van der Waals surface area contributed by atoms with Gasteiger partial charge in [-0.15, -0.1) is 0 Å². The van der Waals surface area contributed by atoms with Crippen LogP contribution in [0, 0.1) is 0 Å². The number of rotatable bonds is 5. The lowest BCUT2D eigenvalue weighted by Crippen LogP contribution is -2.38. The topological polar surface area (TPSA) is 55.9 Å². The second-order valence-corrected chi connectivity index (χ2v) is 5.34. The number of benzene rings is 1. The van der Waals surface area contributed by atoms with Gasteiger partial charge in [0.2, 0.25) is 0 Å². The molecular formula is C13H17BrN4. The average molecular weight is 309 g/mol. The summed E-state index contributed by atoms with van der Waals surface area (Å²) in [4.78, 5) is 0. The molecule has 0 bridgehead atoms. The zero-order chi connectivity index (χ0) is 13.0. The van der Waals surface area contributed by atoms with Crippen LogP contribution in [0.25, 0.3) is 0 Å². The number of hydrazine groups is 1. The minimum absolute atomic E-state index is 0.218. The van der Waals surface area contributed by atoms with Crippen molar-refractivity contribution in [2.75, 3.05) is 0 Å². The number of aromatic nitrogens is 2. The van der Waals surface area contributed by atoms with E-state index in [0.717, 1.165) is 17.3 Å². The van der Waals surface area contributed by atoms with Gasteiger partial charge < -0.3 is 0 Å². The van der Waals surface area contributed by atoms with E-state index < -0.39 is 0 Å². The summed E-state index contributed by atoms with van der Waals surface area (Å²) in [6.45, 7) is 0. The molecule has 0 radical (unpaired) electrons. The SMILES string of the molecule is Cn1cc(CC(Cc2ccc(Br)cc2)NN)cn1. The van der Waals surface area contributed by atoms with Gasteiger partial charge in [-0.3, -0.25) is 16.0 Å². The second-order valence-electron chi connectivity index (χ2n) is 4.42. The third kappa shape index (κ3) is 3.66. The van der Waals surface area contributed by atoms with Gasteiger partial charge in [-0.05, 0) is 36.1 Å². The summed E-state index contributed by atoms with van der Waals surface area (Å²) in [7, 11) is 1.92. The molecule has 0 saturated heterocycles. The molecule has 1 aromatic carbocycles. The quantitative estimate of drug-likeness (QED) is 0.654. The van der Waals surface area contributed by atoms with Crippen LogP contribution in [0.3, 0.4) is 0 Å². The smallest absolute Gasteiger partial charge is 0.0522 e. The van der Waals surface area contributed by atoms with Gasteiger partial charge in [0.15, 0.2) is 0 Å². The maximum Gasteiger partial charge on any atom is 0.0522 e. The van der Waals surface area contributed by atoms with E-state index in [2.05, 4.69) is 38.6 Å². The highest BCUT2D eigenvalue weighted by Gasteiger charge is 2.10. The highest BCUT2D eigenvalue weighted by atomic mass is 79.9. The number of nitrogens with two attached hydrogens (primary N) is 1. The van der Waals surface area contributed by atoms with Crippen molar-refractivity contribution in [2.45, 2.75) is 18.9 Å². The van der Waals surface area contributed by atoms with E-state index in [0.29, 0.717) is 0 Å². The summed E-state index contributed by atoms with van der Waals surface area (Å²) in [5.41, 5.74) is 5.33. The molecule has 0 amide bonds. The first kappa shape index (κ1) is 13.3. The van der Waals surface area contributed by atoms with Gasteiger partial charge in [-0.25, -0.2) is 0 Å². The Hall–Kier alpha value is -1.17. The normalized spacial score (nSPS) is 12.6. The summed E-state index contributed by atoms with van der Waals surface area (Å²) in [5.74, 6) is 5.62. The Bertz CT molecular complexity index is 492. The molecule has 0 aliphatic carbocycles. The van der Waals surface area contributed by atoms with E-state index in [9.17, 15) is 0 Å². The van der Waals surface area contributed by atoms with Crippen LogP contribution >= 0.6 is 15.9 Å². The molecule has 2 rings (SSSR count). The molecule has 5 heteroatoms. The zero-order valence-electron chi connectivity index (χ0n) is 10.3. The summed E-state index contributed by atoms with van der Waals surface area (Å²) in [6.07, 6.45) is 5.68. The van der Waals surface area contributed by atoms with E-state index in [4.69, 9.17) is 5.84 Å². The molecule has 1 heterocycles. The molecule has 0 aliphatic heterocycles. The standard InChI is InChI=1S/C13H17BrN4/c1-18-9-11(8-16-18)7-13(17-15)6-10-2-4-12(14)5-3-10/h2-5,8-9,13,17H,6-7,15H2,1H3. The summed E-state index contributed by atoms with van der Waals surface area (Å²) < 4.78 is 2.90. The van der Waals surface area contributed by atoms with Gasteiger partial charge in [0, 0.05) is 23.8 Å². The van der Waals surface area contributed by atoms with Crippen molar-refractivity contribution >= 4 is 15.9 Å². The second kappa shape index (κ2) is 6.13. The first-order valence-corrected chi connectivity index (χ1v) is 6.65. The minimum atomic E-state index is 0.218. The molecule has 0 aliphatic rings. The highest BCUT2D eigenvalue weighted by molar-refractivity contribution is 9.10. The van der Waals surface area contributed by atoms with E-state index >= 15 is 0 Å². The number of nitrogens with one attached hydrogen (secondary N) is 1. The molecule has 1 aromatic heterocycles. The Balaban J connectivity index is 1.99. The maximum atomic E-state index is 5.62. The first-order valence-electron chi connectivity index (χ1n) is 5.85. The summed E-state index contributed by atoms with van der Waals surface area (Å²) in [5, 5.41) is 4.16. The van der Waals surface area contributed by atoms with Crippen LogP contribution < -0.4 is 11.3 Å². The third-order valence-electron chi connectivity index (χ3n) is 2.87. The van der Waals surface area contributed by atoms with E-state index in [1.165, 1.54) is 11.1 Å². The molecule has 4 nitrogen and oxygen atoms in total. The molecule has 1 unspecified atom stereocenters. The van der Waals surface area contributed by atoms with Crippen LogP contribution in [-0.2, 0) is 19.9 Å². The predicted molar refractivity (Wildman–Crippen MR) is 75.9 cm³/mol. The number of halogens is 1. The molecule has 96 valence electrons. The average Bonchev–Trinajstić information content (AvgIpc) is 2.77. The Morgan fingerprint density at radius 3 is 2.50 bits per heavy atom. The fraction of sp³-hybridized carbons (Fsp3) is 0.308. The van der Waals surface area contributed by atoms with Crippen molar-refractivity contribution < 1.29 is 0 Å². The van der Waals surface area contributed by atoms with E-state index in [1.54, 1.807) is 0 Å². The van der Waals surface area contributed by atoms with Gasteiger partial charge in [0.05, 0.1) is 6.20 Å². The first-order chi connectivity index (χ1) is 8.67. The Morgan fingerprint density at radius 1 is 1.28 bits per heavy atom. The zero-order valence-corrected chi connectivity index (χ0v) is 11.9. The fourth-order valence-electron chi connectivity index (χ4n) is 1.96. The third-order valence-corrected chi connectivity index (χ3v) is 3.40. The van der Waals surface area contributed by atoms with Crippen LogP contribution in [0.4, 0.5) is 0 Å². The lowest BCUT2D eigenvalue weighted by atomic mass is 10.0. The van der Waals surface area contributed by atoms with Crippen molar-refractivity contribution in [1.82, 2.24) is 15.2 Å². The Morgan fingerprint density at radius 2 is 1.94 bits per heavy atom. The number of nitrogens with zero attached hydrogens (tertiary/aromatic N) is 2. The highest BCUT2D eigenvalue weighted by Crippen LogP contribution is 2.13. The predicted octanol–water partition coefficient (Wildman–Crippen LogP) is 1.80. The summed E-state index contributed by atoms with van der Waals surface area (Å²) >= 11 is 3.43. The molecule has 18 heavy (non-hydrogen) atoms. The monoisotopic (exact) mass is 308 g/mol. The van der Waals surface area contributed by atoms with Gasteiger partial charge in [-0.2, -0.15) is 5.10 Å². The van der Waals surface area contributed by atoms with Crippen LogP contribution in [0.15, 0.2) is 41.1 Å². The van der Waals surface area contributed by atoms with Crippen LogP contribution in [0.2, 0.25) is 0 Å². The Kier molecular flexibility index (Phi) is 4.52. The van der Waals surface area contributed by atoms with Gasteiger partial charge in [0.25, 0.3) is 0 Å². The van der Waals surface area contributed by atoms with Crippen LogP contribution in [0.5, 0.6) is 0 Å². The van der Waals surface area contributed by atoms with Crippen molar-refractivity contribution in [2.24, 2.45) is 12.9 Å². The molecule has 2 aromatic rings. The van der Waals surface area contributed by atoms with Gasteiger partial charge in [-0.1, -0.05) is 28.1 Å². The molecular weight excluding hydrogens is 292 g/mol. The van der Waals surface area contributed by atoms with Crippen molar-refractivity contribution in [3.63, 3.8) is 0 Å². The van der Waals surface area contributed by atoms with Crippen LogP contribution in [0.1, 0.15) is 11.1 Å². The molecule has 1 atom stereocenters. The summed E-state index contributed by atoms with van der Waals surface area (Å²) in [6, 6.07) is 8.53. The lowest BCUT2D eigenvalue weighted by molar-refractivity contribution is 0.522. The molecule has 0 saturated carbocycles. The Labute approximate surface area is 115 Å². The largest absolute Gasteiger partial charge is 0.276 e. The van der Waals surface area contributed by atoms with Gasteiger partial charge in [0.1, 0.15) is 0 Å². The molecule has 0 fully saturated rings. The van der Waals surface area contributed by atoms with Crippen molar-refractivity contribution in [3.05, 3.63) is 52.3 Å². The number of hydrogen-bond acceptors (Lipinski definition) is 3. The van der Waals surface area contributed by atoms with E-state index in [1.807, 2.05) is 36.3 Å². The van der Waals surface area contributed by atoms with Crippen molar-refractivity contribution in [1.29, 1.82) is 0 Å². The number of hydrogen-bond donors (Lipinski definition) is 2. The fourth-order valence-corrected chi connectivity index (χ4v) is 2.22. The number of aryl methyl sites for hydroxylation is 1. The minimum Gasteiger partial charge on any atom is -0.276 e. The maximum absolute atomic E-state index is 5.62. The van der Waals surface area contributed by atoms with Crippen molar-refractivity contribution in [3.8, 4) is 0 Å². The van der Waals surface area contributed by atoms with E-state index in [-0.39, 0.29) is 6.04 Å². The lowest BCUT2D eigenvalue weighted by Gasteiger charge is -2.15. The van der Waals surface area contributed by atoms with Crippen LogP contribution in [-0.4, -0.2) is 15.8 Å².